The van der Waals surface area contributed by atoms with E-state index < -0.39 is 0 Å². The number of rotatable bonds is 1. The third kappa shape index (κ3) is 1.62. The predicted molar refractivity (Wildman–Crippen MR) is 53.8 cm³/mol. The number of nitrogens with zero attached hydrogens (tertiary/aromatic N) is 3. The fourth-order valence-electron chi connectivity index (χ4n) is 1.09. The molecule has 0 saturated heterocycles. The van der Waals surface area contributed by atoms with Crippen LogP contribution in [0.3, 0.4) is 0 Å². The van der Waals surface area contributed by atoms with Gasteiger partial charge in [0.1, 0.15) is 0 Å². The molecule has 0 fully saturated rings. The predicted octanol–water partition coefficient (Wildman–Crippen LogP) is 2.34. The zero-order valence-corrected chi connectivity index (χ0v) is 8.69. The summed E-state index contributed by atoms with van der Waals surface area (Å²) in [6.07, 6.45) is 5.41. The molecule has 0 aromatic carbocycles. The van der Waals surface area contributed by atoms with E-state index in [1.54, 1.807) is 10.9 Å². The van der Waals surface area contributed by atoms with Gasteiger partial charge >= 0.3 is 0 Å². The van der Waals surface area contributed by atoms with Crippen molar-refractivity contribution in [2.24, 2.45) is 0 Å². The molecule has 2 rings (SSSR count). The number of aromatic nitrogens is 3. The Morgan fingerprint density at radius 2 is 2.31 bits per heavy atom. The number of halogens is 1. The lowest BCUT2D eigenvalue weighted by molar-refractivity contribution is 0.840. The van der Waals surface area contributed by atoms with Crippen molar-refractivity contribution in [3.63, 3.8) is 0 Å². The largest absolute Gasteiger partial charge is 0.236 e. The molecule has 2 aromatic heterocycles. The summed E-state index contributed by atoms with van der Waals surface area (Å²) in [6.45, 7) is 2.00. The van der Waals surface area contributed by atoms with Crippen molar-refractivity contribution in [1.82, 2.24) is 14.8 Å². The Bertz CT molecular complexity index is 409. The first-order chi connectivity index (χ1) is 6.27. The molecule has 0 aliphatic heterocycles. The van der Waals surface area contributed by atoms with E-state index in [1.807, 2.05) is 31.5 Å². The summed E-state index contributed by atoms with van der Waals surface area (Å²) in [6, 6.07) is 3.89. The van der Waals surface area contributed by atoms with Gasteiger partial charge in [-0.25, -0.2) is 9.67 Å². The van der Waals surface area contributed by atoms with Crippen LogP contribution in [0.4, 0.5) is 0 Å². The van der Waals surface area contributed by atoms with Crippen LogP contribution in [-0.2, 0) is 0 Å². The van der Waals surface area contributed by atoms with Crippen molar-refractivity contribution in [2.45, 2.75) is 6.92 Å². The summed E-state index contributed by atoms with van der Waals surface area (Å²) >= 11 is 3.45. The third-order valence-corrected chi connectivity index (χ3v) is 2.26. The van der Waals surface area contributed by atoms with Crippen molar-refractivity contribution in [2.75, 3.05) is 0 Å². The van der Waals surface area contributed by atoms with Crippen LogP contribution in [0.25, 0.3) is 5.82 Å². The van der Waals surface area contributed by atoms with Gasteiger partial charge in [-0.2, -0.15) is 5.10 Å². The van der Waals surface area contributed by atoms with Gasteiger partial charge in [0.25, 0.3) is 0 Å². The summed E-state index contributed by atoms with van der Waals surface area (Å²) in [5, 5.41) is 4.10. The maximum atomic E-state index is 4.27. The summed E-state index contributed by atoms with van der Waals surface area (Å²) in [5.41, 5.74) is 1.13. The van der Waals surface area contributed by atoms with E-state index in [1.165, 1.54) is 0 Å². The number of hydrogen-bond donors (Lipinski definition) is 0. The van der Waals surface area contributed by atoms with Crippen LogP contribution in [0.15, 0.2) is 35.2 Å². The Morgan fingerprint density at radius 1 is 1.46 bits per heavy atom. The molecule has 0 N–H and O–H groups in total. The highest BCUT2D eigenvalue weighted by atomic mass is 79.9. The Hall–Kier alpha value is -1.16. The molecule has 0 atom stereocenters. The lowest BCUT2D eigenvalue weighted by atomic mass is 10.3. The topological polar surface area (TPSA) is 30.7 Å². The van der Waals surface area contributed by atoms with E-state index in [9.17, 15) is 0 Å². The average molecular weight is 238 g/mol. The molecule has 0 aliphatic rings. The molecule has 13 heavy (non-hydrogen) atoms. The number of hydrogen-bond acceptors (Lipinski definition) is 2. The zero-order chi connectivity index (χ0) is 9.26. The van der Waals surface area contributed by atoms with Crippen molar-refractivity contribution in [1.29, 1.82) is 0 Å². The van der Waals surface area contributed by atoms with Crippen molar-refractivity contribution in [3.05, 3.63) is 40.8 Å². The van der Waals surface area contributed by atoms with E-state index in [0.29, 0.717) is 0 Å². The van der Waals surface area contributed by atoms with Crippen LogP contribution in [0, 0.1) is 6.92 Å². The van der Waals surface area contributed by atoms with Crippen LogP contribution in [-0.4, -0.2) is 14.8 Å². The molecule has 0 radical (unpaired) electrons. The molecule has 4 heteroatoms. The van der Waals surface area contributed by atoms with E-state index in [4.69, 9.17) is 0 Å². The highest BCUT2D eigenvalue weighted by Gasteiger charge is 2.02. The Balaban J connectivity index is 2.53. The van der Waals surface area contributed by atoms with Crippen LogP contribution < -0.4 is 0 Å². The molecule has 0 aliphatic carbocycles. The van der Waals surface area contributed by atoms with Gasteiger partial charge in [0, 0.05) is 18.6 Å². The third-order valence-electron chi connectivity index (χ3n) is 1.68. The van der Waals surface area contributed by atoms with Crippen molar-refractivity contribution in [3.8, 4) is 5.82 Å². The van der Waals surface area contributed by atoms with Gasteiger partial charge in [-0.1, -0.05) is 0 Å². The second kappa shape index (κ2) is 3.30. The molecule has 2 heterocycles. The number of pyridine rings is 1. The first-order valence-electron chi connectivity index (χ1n) is 3.89. The lowest BCUT2D eigenvalue weighted by Crippen LogP contribution is -1.98. The molecule has 0 saturated carbocycles. The first kappa shape index (κ1) is 8.44. The van der Waals surface area contributed by atoms with Crippen LogP contribution in [0.2, 0.25) is 0 Å². The van der Waals surface area contributed by atoms with Gasteiger partial charge in [0.2, 0.25) is 0 Å². The van der Waals surface area contributed by atoms with E-state index in [0.717, 1.165) is 15.9 Å². The molecule has 0 amide bonds. The van der Waals surface area contributed by atoms with Crippen LogP contribution in [0.5, 0.6) is 0 Å². The Morgan fingerprint density at radius 3 is 2.92 bits per heavy atom. The van der Waals surface area contributed by atoms with Gasteiger partial charge in [-0.05, 0) is 40.5 Å². The highest BCUT2D eigenvalue weighted by molar-refractivity contribution is 9.10. The summed E-state index contributed by atoms with van der Waals surface area (Å²) in [4.78, 5) is 4.27. The summed E-state index contributed by atoms with van der Waals surface area (Å²) in [7, 11) is 0. The molecule has 0 spiro atoms. The van der Waals surface area contributed by atoms with Crippen molar-refractivity contribution < 1.29 is 0 Å². The maximum absolute atomic E-state index is 4.27. The second-order valence-electron chi connectivity index (χ2n) is 2.77. The molecule has 2 aromatic rings. The zero-order valence-electron chi connectivity index (χ0n) is 7.11. The maximum Gasteiger partial charge on any atom is 0.167 e. The monoisotopic (exact) mass is 237 g/mol. The standard InChI is InChI=1S/C9H8BrN3/c1-7-5-8(10)9(11-6-7)13-4-2-3-12-13/h2-6H,1H3. The smallest absolute Gasteiger partial charge is 0.167 e. The van der Waals surface area contributed by atoms with Gasteiger partial charge in [0.05, 0.1) is 4.47 Å². The molecular weight excluding hydrogens is 230 g/mol. The quantitative estimate of drug-likeness (QED) is 0.763. The Kier molecular flexibility index (Phi) is 2.14. The van der Waals surface area contributed by atoms with Gasteiger partial charge in [-0.15, -0.1) is 0 Å². The van der Waals surface area contributed by atoms with Crippen LogP contribution in [0.1, 0.15) is 5.56 Å². The molecule has 66 valence electrons. The van der Waals surface area contributed by atoms with E-state index in [2.05, 4.69) is 26.0 Å². The Labute approximate surface area is 84.5 Å². The molecule has 3 nitrogen and oxygen atoms in total. The van der Waals surface area contributed by atoms with Crippen molar-refractivity contribution >= 4 is 15.9 Å². The normalized spacial score (nSPS) is 10.3. The van der Waals surface area contributed by atoms with Crippen LogP contribution >= 0.6 is 15.9 Å². The van der Waals surface area contributed by atoms with E-state index >= 15 is 0 Å². The average Bonchev–Trinajstić information content (AvgIpc) is 2.56. The number of aryl methyl sites for hydroxylation is 1. The first-order valence-corrected chi connectivity index (χ1v) is 4.69. The molecular formula is C9H8BrN3. The minimum Gasteiger partial charge on any atom is -0.236 e. The highest BCUT2D eigenvalue weighted by Crippen LogP contribution is 2.18. The lowest BCUT2D eigenvalue weighted by Gasteiger charge is -2.03. The fourth-order valence-corrected chi connectivity index (χ4v) is 1.73. The van der Waals surface area contributed by atoms with Gasteiger partial charge in [0.15, 0.2) is 5.82 Å². The fraction of sp³-hybridized carbons (Fsp3) is 0.111. The molecule has 0 bridgehead atoms. The SMILES string of the molecule is Cc1cnc(-n2cccn2)c(Br)c1. The summed E-state index contributed by atoms with van der Waals surface area (Å²) in [5.74, 6) is 0.815. The second-order valence-corrected chi connectivity index (χ2v) is 3.62. The van der Waals surface area contributed by atoms with E-state index in [-0.39, 0.29) is 0 Å². The van der Waals surface area contributed by atoms with Gasteiger partial charge in [-0.3, -0.25) is 0 Å². The minimum absolute atomic E-state index is 0.815. The van der Waals surface area contributed by atoms with Gasteiger partial charge < -0.3 is 0 Å². The minimum atomic E-state index is 0.815. The molecule has 0 unspecified atom stereocenters. The summed E-state index contributed by atoms with van der Waals surface area (Å²) < 4.78 is 2.68.